The molecule has 0 heterocycles. The Morgan fingerprint density at radius 2 is 1.04 bits per heavy atom. The fraction of sp³-hybridized carbons (Fsp3) is 0. The van der Waals surface area contributed by atoms with Crippen LogP contribution in [0.15, 0.2) is 95.9 Å². The quantitative estimate of drug-likeness (QED) is 0.490. The second-order valence-corrected chi connectivity index (χ2v) is 8.40. The van der Waals surface area contributed by atoms with Crippen LogP contribution in [0.3, 0.4) is 0 Å². The summed E-state index contributed by atoms with van der Waals surface area (Å²) in [6.07, 6.45) is 0. The van der Waals surface area contributed by atoms with Crippen molar-refractivity contribution in [3.8, 4) is 0 Å². The van der Waals surface area contributed by atoms with E-state index in [1.54, 1.807) is 30.3 Å². The van der Waals surface area contributed by atoms with Crippen molar-refractivity contribution >= 4 is 28.9 Å². The summed E-state index contributed by atoms with van der Waals surface area (Å²) in [7, 11) is -5.28. The zero-order valence-electron chi connectivity index (χ0n) is 14.2. The van der Waals surface area contributed by atoms with E-state index in [9.17, 15) is 8.42 Å². The van der Waals surface area contributed by atoms with Gasteiger partial charge in [-0.2, -0.15) is 8.42 Å². The minimum absolute atomic E-state index is 0. The van der Waals surface area contributed by atoms with Crippen LogP contribution in [0.4, 0.5) is 0 Å². The number of hydrogen-bond acceptors (Lipinski definition) is 3. The Morgan fingerprint density at radius 1 is 0.667 bits per heavy atom. The van der Waals surface area contributed by atoms with Crippen molar-refractivity contribution in [2.24, 2.45) is 0 Å². The summed E-state index contributed by atoms with van der Waals surface area (Å²) < 4.78 is 30.8. The van der Waals surface area contributed by atoms with Crippen LogP contribution in [-0.4, -0.2) is 8.42 Å². The maximum Gasteiger partial charge on any atom is 1.00 e. The van der Waals surface area contributed by atoms with Gasteiger partial charge in [0.05, 0.1) is 4.90 Å². The van der Waals surface area contributed by atoms with Crippen molar-refractivity contribution in [1.29, 1.82) is 0 Å². The Morgan fingerprint density at radius 3 is 1.46 bits per heavy atom. The first-order valence-electron chi connectivity index (χ1n) is 7.07. The van der Waals surface area contributed by atoms with Crippen molar-refractivity contribution in [1.82, 2.24) is 0 Å². The van der Waals surface area contributed by atoms with E-state index in [1.807, 2.05) is 60.7 Å². The van der Waals surface area contributed by atoms with Crippen LogP contribution in [0.5, 0.6) is 0 Å². The summed E-state index contributed by atoms with van der Waals surface area (Å²) in [4.78, 5) is 0.166. The van der Waals surface area contributed by atoms with Gasteiger partial charge in [0.2, 0.25) is 0 Å². The first-order valence-corrected chi connectivity index (χ1v) is 9.73. The normalized spacial score (nSPS) is 11.0. The molecule has 6 heteroatoms. The molecule has 0 saturated carbocycles. The van der Waals surface area contributed by atoms with Crippen LogP contribution < -0.4 is 40.2 Å². The minimum Gasteiger partial charge on any atom is -1.00 e. The van der Waals surface area contributed by atoms with E-state index < -0.39 is 18.3 Å². The van der Waals surface area contributed by atoms with Gasteiger partial charge < -0.3 is 1.43 Å². The van der Waals surface area contributed by atoms with Crippen LogP contribution in [0.25, 0.3) is 0 Å². The first kappa shape index (κ1) is 19.3. The van der Waals surface area contributed by atoms with Gasteiger partial charge in [-0.25, -0.2) is 3.97 Å². The van der Waals surface area contributed by atoms with Crippen molar-refractivity contribution in [2.75, 3.05) is 0 Å². The SMILES string of the molecule is O=S(=O)(OP(c1ccccc1)c1ccccc1)c1ccccc1.[H-].[Na+]. The number of rotatable bonds is 5. The molecule has 0 aromatic heterocycles. The second kappa shape index (κ2) is 8.91. The van der Waals surface area contributed by atoms with Gasteiger partial charge in [-0.1, -0.05) is 78.9 Å². The van der Waals surface area contributed by atoms with Gasteiger partial charge >= 0.3 is 39.7 Å². The van der Waals surface area contributed by atoms with E-state index in [2.05, 4.69) is 0 Å². The van der Waals surface area contributed by atoms with Gasteiger partial charge in [0.25, 0.3) is 0 Å². The molecule has 0 unspecified atom stereocenters. The predicted molar refractivity (Wildman–Crippen MR) is 94.9 cm³/mol. The van der Waals surface area contributed by atoms with Gasteiger partial charge in [0, 0.05) is 10.6 Å². The predicted octanol–water partition coefficient (Wildman–Crippen LogP) is 0.556. The first-order chi connectivity index (χ1) is 11.2. The average Bonchev–Trinajstić information content (AvgIpc) is 2.62. The summed E-state index contributed by atoms with van der Waals surface area (Å²) in [6, 6.07) is 27.1. The van der Waals surface area contributed by atoms with Gasteiger partial charge in [-0.05, 0) is 12.1 Å². The summed E-state index contributed by atoms with van der Waals surface area (Å²) in [5, 5.41) is 1.71. The molecule has 3 rings (SSSR count). The largest absolute Gasteiger partial charge is 1.00 e. The zero-order chi connectivity index (χ0) is 16.1. The maximum atomic E-state index is 12.6. The fourth-order valence-electron chi connectivity index (χ4n) is 2.09. The van der Waals surface area contributed by atoms with Crippen LogP contribution in [0.2, 0.25) is 0 Å². The van der Waals surface area contributed by atoms with E-state index in [1.165, 1.54) is 0 Å². The number of hydrogen-bond donors (Lipinski definition) is 0. The molecule has 3 aromatic carbocycles. The van der Waals surface area contributed by atoms with Crippen LogP contribution in [0, 0.1) is 0 Å². The fourth-order valence-corrected chi connectivity index (χ4v) is 5.58. The molecule has 118 valence electrons. The second-order valence-electron chi connectivity index (χ2n) is 4.81. The van der Waals surface area contributed by atoms with Gasteiger partial charge in [0.15, 0.2) is 0 Å². The van der Waals surface area contributed by atoms with Crippen molar-refractivity contribution < 1.29 is 43.4 Å². The molecule has 0 N–H and O–H groups in total. The molecule has 0 atom stereocenters. The molecule has 3 nitrogen and oxygen atoms in total. The third-order valence-electron chi connectivity index (χ3n) is 3.19. The van der Waals surface area contributed by atoms with E-state index in [0.29, 0.717) is 0 Å². The van der Waals surface area contributed by atoms with E-state index in [0.717, 1.165) is 10.6 Å². The molecule has 3 aromatic rings. The molecule has 0 aliphatic carbocycles. The topological polar surface area (TPSA) is 43.4 Å². The van der Waals surface area contributed by atoms with Crippen LogP contribution >= 0.6 is 8.15 Å². The van der Waals surface area contributed by atoms with E-state index >= 15 is 0 Å². The van der Waals surface area contributed by atoms with Gasteiger partial charge in [0.1, 0.15) is 8.15 Å². The Bertz CT molecular complexity index is 823. The number of benzene rings is 3. The summed E-state index contributed by atoms with van der Waals surface area (Å²) in [5.41, 5.74) is 0. The molecule has 0 radical (unpaired) electrons. The Hall–Kier alpha value is -1.000. The zero-order valence-corrected chi connectivity index (χ0v) is 17.0. The van der Waals surface area contributed by atoms with Gasteiger partial charge in [-0.15, -0.1) is 0 Å². The maximum absolute atomic E-state index is 12.6. The summed E-state index contributed by atoms with van der Waals surface area (Å²) >= 11 is 0. The molecule has 0 aliphatic heterocycles. The molecule has 0 amide bonds. The van der Waals surface area contributed by atoms with Gasteiger partial charge in [-0.3, -0.25) is 0 Å². The Labute approximate surface area is 167 Å². The van der Waals surface area contributed by atoms with E-state index in [-0.39, 0.29) is 35.9 Å². The monoisotopic (exact) mass is 366 g/mol. The molecule has 0 spiro atoms. The molecule has 0 aliphatic rings. The van der Waals surface area contributed by atoms with Crippen LogP contribution in [-0.2, 0) is 14.1 Å². The smallest absolute Gasteiger partial charge is 1.00 e. The third kappa shape index (κ3) is 4.76. The van der Waals surface area contributed by atoms with Crippen molar-refractivity contribution in [2.45, 2.75) is 4.90 Å². The third-order valence-corrected chi connectivity index (χ3v) is 6.95. The molecular formula is C18H16NaO3PS. The van der Waals surface area contributed by atoms with E-state index in [4.69, 9.17) is 3.97 Å². The Kier molecular flexibility index (Phi) is 7.17. The molecule has 24 heavy (non-hydrogen) atoms. The molecule has 0 fully saturated rings. The molecule has 0 bridgehead atoms. The summed E-state index contributed by atoms with van der Waals surface area (Å²) in [5.74, 6) is 0. The van der Waals surface area contributed by atoms with Crippen molar-refractivity contribution in [3.05, 3.63) is 91.0 Å². The minimum atomic E-state index is -3.83. The standard InChI is InChI=1S/C18H15O3PS.Na.H/c19-23(20,18-14-8-3-9-15-18)21-22(16-10-4-1-5-11-16)17-12-6-2-7-13-17;;/h1-15H;;/q;+1;-1. The Balaban J connectivity index is 0.00000156. The molecule has 0 saturated heterocycles. The average molecular weight is 366 g/mol. The van der Waals surface area contributed by atoms with Crippen molar-refractivity contribution in [3.63, 3.8) is 0 Å². The summed E-state index contributed by atoms with van der Waals surface area (Å²) in [6.45, 7) is 0. The van der Waals surface area contributed by atoms with Crippen LogP contribution in [0.1, 0.15) is 1.43 Å². The molecular weight excluding hydrogens is 350 g/mol.